The Morgan fingerprint density at radius 3 is 2.26 bits per heavy atom. The van der Waals surface area contributed by atoms with Crippen LogP contribution in [-0.4, -0.2) is 38.1 Å². The van der Waals surface area contributed by atoms with E-state index in [4.69, 9.17) is 0 Å². The molecule has 31 heavy (non-hydrogen) atoms. The lowest BCUT2D eigenvalue weighted by Gasteiger charge is -2.26. The highest BCUT2D eigenvalue weighted by atomic mass is 19.4. The standard InChI is InChI=1S/C18H15F6N5O2/c19-17(20,21)12-7-11(8-13(9-12)18(22,23)24)16-25-10-28(27-16)6-4-14(30)26-29-5-2-1-3-15(29)31/h4,6-10H,1-3,5H2,(H,26,30)/b6-4-. The molecule has 1 N–H and O–H groups in total. The smallest absolute Gasteiger partial charge is 0.273 e. The predicted octanol–water partition coefficient (Wildman–Crippen LogP) is 3.50. The van der Waals surface area contributed by atoms with Gasteiger partial charge in [0.25, 0.3) is 5.91 Å². The van der Waals surface area contributed by atoms with Gasteiger partial charge in [0.05, 0.1) is 11.1 Å². The lowest BCUT2D eigenvalue weighted by atomic mass is 10.0. The Kier molecular flexibility index (Phi) is 6.04. The van der Waals surface area contributed by atoms with Crippen molar-refractivity contribution >= 4 is 18.0 Å². The molecule has 1 aliphatic heterocycles. The number of hydrogen-bond donors (Lipinski definition) is 1. The summed E-state index contributed by atoms with van der Waals surface area (Å²) in [5.41, 5.74) is -1.10. The molecule has 1 fully saturated rings. The first-order valence-corrected chi connectivity index (χ1v) is 8.94. The Bertz CT molecular complexity index is 979. The number of alkyl halides is 6. The van der Waals surface area contributed by atoms with Crippen LogP contribution in [0.4, 0.5) is 26.3 Å². The van der Waals surface area contributed by atoms with Crippen LogP contribution in [0.3, 0.4) is 0 Å². The zero-order valence-corrected chi connectivity index (χ0v) is 15.7. The quantitative estimate of drug-likeness (QED) is 0.575. The number of piperidine rings is 1. The summed E-state index contributed by atoms with van der Waals surface area (Å²) in [6.45, 7) is 0.364. The summed E-state index contributed by atoms with van der Waals surface area (Å²) in [5.74, 6) is -1.29. The van der Waals surface area contributed by atoms with Crippen molar-refractivity contribution in [2.75, 3.05) is 6.54 Å². The number of carbonyl (C=O) groups excluding carboxylic acids is 2. The van der Waals surface area contributed by atoms with Crippen LogP contribution in [0.25, 0.3) is 17.6 Å². The molecule has 13 heteroatoms. The fourth-order valence-corrected chi connectivity index (χ4v) is 2.80. The summed E-state index contributed by atoms with van der Waals surface area (Å²) >= 11 is 0. The number of aromatic nitrogens is 3. The summed E-state index contributed by atoms with van der Waals surface area (Å²) in [4.78, 5) is 27.3. The highest BCUT2D eigenvalue weighted by molar-refractivity contribution is 5.91. The van der Waals surface area contributed by atoms with Gasteiger partial charge in [0.2, 0.25) is 5.91 Å². The number of benzene rings is 1. The molecular weight excluding hydrogens is 432 g/mol. The zero-order chi connectivity index (χ0) is 22.8. The van der Waals surface area contributed by atoms with Crippen molar-refractivity contribution in [1.82, 2.24) is 25.2 Å². The minimum atomic E-state index is -5.00. The highest BCUT2D eigenvalue weighted by Crippen LogP contribution is 2.38. The fourth-order valence-electron chi connectivity index (χ4n) is 2.80. The second-order valence-corrected chi connectivity index (χ2v) is 6.64. The number of nitrogens with zero attached hydrogens (tertiary/aromatic N) is 4. The van der Waals surface area contributed by atoms with E-state index < -0.39 is 40.8 Å². The SMILES string of the molecule is O=C(/C=C\n1cnc(-c2cc(C(F)(F)F)cc(C(F)(F)F)c2)n1)NN1CCCCC1=O. The molecule has 166 valence electrons. The third-order valence-corrected chi connectivity index (χ3v) is 4.30. The monoisotopic (exact) mass is 447 g/mol. The first kappa shape index (κ1) is 22.3. The highest BCUT2D eigenvalue weighted by Gasteiger charge is 2.37. The molecule has 2 heterocycles. The van der Waals surface area contributed by atoms with Gasteiger partial charge in [-0.15, -0.1) is 5.10 Å². The average Bonchev–Trinajstić information content (AvgIpc) is 3.16. The van der Waals surface area contributed by atoms with Crippen molar-refractivity contribution in [3.05, 3.63) is 41.7 Å². The largest absolute Gasteiger partial charge is 0.416 e. The van der Waals surface area contributed by atoms with Gasteiger partial charge >= 0.3 is 12.4 Å². The van der Waals surface area contributed by atoms with E-state index in [-0.39, 0.29) is 12.0 Å². The summed E-state index contributed by atoms with van der Waals surface area (Å²) < 4.78 is 78.9. The zero-order valence-electron chi connectivity index (χ0n) is 15.7. The maximum absolute atomic E-state index is 13.0. The normalized spacial score (nSPS) is 15.5. The maximum atomic E-state index is 13.0. The number of nitrogens with one attached hydrogen (secondary N) is 1. The number of carbonyl (C=O) groups is 2. The minimum absolute atomic E-state index is 0.00657. The predicted molar refractivity (Wildman–Crippen MR) is 94.5 cm³/mol. The van der Waals surface area contributed by atoms with E-state index in [1.807, 2.05) is 0 Å². The van der Waals surface area contributed by atoms with E-state index >= 15 is 0 Å². The molecule has 0 bridgehead atoms. The van der Waals surface area contributed by atoms with E-state index in [9.17, 15) is 35.9 Å². The van der Waals surface area contributed by atoms with Crippen LogP contribution < -0.4 is 5.43 Å². The molecule has 1 aromatic heterocycles. The van der Waals surface area contributed by atoms with Crippen LogP contribution in [0, 0.1) is 0 Å². The first-order chi connectivity index (χ1) is 14.4. The lowest BCUT2D eigenvalue weighted by Crippen LogP contribution is -2.47. The molecule has 1 saturated heterocycles. The van der Waals surface area contributed by atoms with Gasteiger partial charge in [0.1, 0.15) is 6.33 Å². The third-order valence-electron chi connectivity index (χ3n) is 4.30. The Morgan fingerprint density at radius 2 is 1.68 bits per heavy atom. The van der Waals surface area contributed by atoms with Crippen molar-refractivity contribution in [1.29, 1.82) is 0 Å². The van der Waals surface area contributed by atoms with Crippen LogP contribution in [0.5, 0.6) is 0 Å². The van der Waals surface area contributed by atoms with Gasteiger partial charge in [-0.05, 0) is 31.0 Å². The second kappa shape index (κ2) is 8.40. The molecule has 2 amide bonds. The van der Waals surface area contributed by atoms with Gasteiger partial charge in [-0.3, -0.25) is 20.0 Å². The van der Waals surface area contributed by atoms with Crippen LogP contribution in [0.15, 0.2) is 30.6 Å². The van der Waals surface area contributed by atoms with Gasteiger partial charge in [0, 0.05) is 30.8 Å². The van der Waals surface area contributed by atoms with Crippen LogP contribution in [0.2, 0.25) is 0 Å². The second-order valence-electron chi connectivity index (χ2n) is 6.64. The number of hydrazine groups is 1. The van der Waals surface area contributed by atoms with Gasteiger partial charge in [-0.1, -0.05) is 0 Å². The summed E-state index contributed by atoms with van der Waals surface area (Å²) in [6.07, 6.45) is -5.11. The molecule has 3 rings (SSSR count). The van der Waals surface area contributed by atoms with Crippen molar-refractivity contribution in [3.63, 3.8) is 0 Å². The van der Waals surface area contributed by atoms with E-state index in [0.29, 0.717) is 25.1 Å². The molecule has 7 nitrogen and oxygen atoms in total. The fraction of sp³-hybridized carbons (Fsp3) is 0.333. The third kappa shape index (κ3) is 5.61. The average molecular weight is 447 g/mol. The molecule has 2 aromatic rings. The molecular formula is C18H15F6N5O2. The first-order valence-electron chi connectivity index (χ1n) is 8.94. The molecule has 0 radical (unpaired) electrons. The molecule has 1 aliphatic rings. The Balaban J connectivity index is 1.79. The minimum Gasteiger partial charge on any atom is -0.273 e. The number of amides is 2. The van der Waals surface area contributed by atoms with Gasteiger partial charge in [0.15, 0.2) is 5.82 Å². The molecule has 0 aliphatic carbocycles. The van der Waals surface area contributed by atoms with E-state index in [0.717, 1.165) is 36.1 Å². The van der Waals surface area contributed by atoms with Crippen molar-refractivity contribution in [3.8, 4) is 11.4 Å². The van der Waals surface area contributed by atoms with Crippen LogP contribution in [-0.2, 0) is 21.9 Å². The molecule has 0 unspecified atom stereocenters. The Morgan fingerprint density at radius 1 is 1.03 bits per heavy atom. The summed E-state index contributed by atoms with van der Waals surface area (Å²) in [5, 5.41) is 4.95. The van der Waals surface area contributed by atoms with Gasteiger partial charge < -0.3 is 0 Å². The van der Waals surface area contributed by atoms with Crippen molar-refractivity contribution in [2.24, 2.45) is 0 Å². The Labute approximate surface area is 171 Å². The molecule has 1 aromatic carbocycles. The summed E-state index contributed by atoms with van der Waals surface area (Å²) in [6, 6.07) is 1.02. The van der Waals surface area contributed by atoms with Crippen molar-refractivity contribution < 1.29 is 35.9 Å². The van der Waals surface area contributed by atoms with Gasteiger partial charge in [-0.25, -0.2) is 9.67 Å². The number of rotatable bonds is 4. The topological polar surface area (TPSA) is 80.1 Å². The maximum Gasteiger partial charge on any atom is 0.416 e. The van der Waals surface area contributed by atoms with Crippen molar-refractivity contribution in [2.45, 2.75) is 31.6 Å². The summed E-state index contributed by atoms with van der Waals surface area (Å²) in [7, 11) is 0. The number of halogens is 6. The molecule has 0 saturated carbocycles. The van der Waals surface area contributed by atoms with E-state index in [1.54, 1.807) is 0 Å². The molecule has 0 spiro atoms. The van der Waals surface area contributed by atoms with Gasteiger partial charge in [-0.2, -0.15) is 26.3 Å². The molecule has 0 atom stereocenters. The van der Waals surface area contributed by atoms with Crippen LogP contribution in [0.1, 0.15) is 30.4 Å². The number of hydrogen-bond acceptors (Lipinski definition) is 4. The Hall–Kier alpha value is -3.38. The van der Waals surface area contributed by atoms with Crippen LogP contribution >= 0.6 is 0 Å². The van der Waals surface area contributed by atoms with E-state index in [1.165, 1.54) is 5.01 Å². The lowest BCUT2D eigenvalue weighted by molar-refractivity contribution is -0.143. The van der Waals surface area contributed by atoms with E-state index in [2.05, 4.69) is 15.5 Å².